The second-order valence-corrected chi connectivity index (χ2v) is 4.67. The molecule has 1 N–H and O–H groups in total. The van der Waals surface area contributed by atoms with Crippen LogP contribution in [0.3, 0.4) is 0 Å². The molecule has 3 rings (SSSR count). The zero-order valence-electron chi connectivity index (χ0n) is 10.1. The smallest absolute Gasteiger partial charge is 0.0994 e. The molecule has 1 fully saturated rings. The molecule has 17 heavy (non-hydrogen) atoms. The van der Waals surface area contributed by atoms with Crippen LogP contribution >= 0.6 is 0 Å². The SMILES string of the molecule is Cc1ccc(-n2cncc2C2CCCN2)cc1. The zero-order valence-corrected chi connectivity index (χ0v) is 10.1. The molecule has 3 nitrogen and oxygen atoms in total. The molecule has 0 aliphatic carbocycles. The molecule has 1 aromatic carbocycles. The van der Waals surface area contributed by atoms with Crippen LogP contribution in [0.25, 0.3) is 5.69 Å². The highest BCUT2D eigenvalue weighted by molar-refractivity contribution is 5.36. The summed E-state index contributed by atoms with van der Waals surface area (Å²) in [6, 6.07) is 9.03. The number of imidazole rings is 1. The van der Waals surface area contributed by atoms with Crippen LogP contribution < -0.4 is 5.32 Å². The third-order valence-electron chi connectivity index (χ3n) is 3.40. The lowest BCUT2D eigenvalue weighted by molar-refractivity contribution is 0.615. The van der Waals surface area contributed by atoms with Crippen molar-refractivity contribution in [3.05, 3.63) is 48.0 Å². The van der Waals surface area contributed by atoms with Gasteiger partial charge in [0.25, 0.3) is 0 Å². The molecule has 3 heteroatoms. The molecule has 0 amide bonds. The van der Waals surface area contributed by atoms with E-state index in [9.17, 15) is 0 Å². The van der Waals surface area contributed by atoms with Gasteiger partial charge in [-0.1, -0.05) is 17.7 Å². The van der Waals surface area contributed by atoms with Gasteiger partial charge in [-0.05, 0) is 38.4 Å². The number of nitrogens with one attached hydrogen (secondary N) is 1. The molecule has 1 aliphatic heterocycles. The van der Waals surface area contributed by atoms with Crippen LogP contribution in [-0.4, -0.2) is 16.1 Å². The molecule has 2 heterocycles. The number of hydrogen-bond donors (Lipinski definition) is 1. The van der Waals surface area contributed by atoms with Gasteiger partial charge >= 0.3 is 0 Å². The lowest BCUT2D eigenvalue weighted by atomic mass is 10.1. The first-order chi connectivity index (χ1) is 8.34. The Morgan fingerprint density at radius 2 is 2.12 bits per heavy atom. The highest BCUT2D eigenvalue weighted by Gasteiger charge is 2.20. The van der Waals surface area contributed by atoms with Crippen molar-refractivity contribution in [2.75, 3.05) is 6.54 Å². The standard InChI is InChI=1S/C14H17N3/c1-11-4-6-12(7-5-11)17-10-15-9-14(17)13-3-2-8-16-13/h4-7,9-10,13,16H,2-3,8H2,1H3. The summed E-state index contributed by atoms with van der Waals surface area (Å²) >= 11 is 0. The Bertz CT molecular complexity index is 492. The van der Waals surface area contributed by atoms with Crippen LogP contribution in [-0.2, 0) is 0 Å². The van der Waals surface area contributed by atoms with E-state index in [4.69, 9.17) is 0 Å². The van der Waals surface area contributed by atoms with E-state index in [1.54, 1.807) is 0 Å². The number of nitrogens with zero attached hydrogens (tertiary/aromatic N) is 2. The Balaban J connectivity index is 1.97. The zero-order chi connectivity index (χ0) is 11.7. The summed E-state index contributed by atoms with van der Waals surface area (Å²) in [5.41, 5.74) is 3.75. The normalized spacial score (nSPS) is 19.7. The third kappa shape index (κ3) is 1.98. The Hall–Kier alpha value is -1.61. The topological polar surface area (TPSA) is 29.9 Å². The highest BCUT2D eigenvalue weighted by Crippen LogP contribution is 2.25. The van der Waals surface area contributed by atoms with E-state index in [1.807, 2.05) is 12.5 Å². The first-order valence-electron chi connectivity index (χ1n) is 6.17. The fourth-order valence-electron chi connectivity index (χ4n) is 2.42. The molecule has 1 aromatic heterocycles. The minimum atomic E-state index is 0.457. The van der Waals surface area contributed by atoms with Gasteiger partial charge in [0.15, 0.2) is 0 Å². The average Bonchev–Trinajstić information content (AvgIpc) is 3.00. The van der Waals surface area contributed by atoms with Crippen molar-refractivity contribution in [2.45, 2.75) is 25.8 Å². The van der Waals surface area contributed by atoms with Crippen molar-refractivity contribution < 1.29 is 0 Å². The first-order valence-corrected chi connectivity index (χ1v) is 6.17. The molecule has 0 spiro atoms. The summed E-state index contributed by atoms with van der Waals surface area (Å²) in [6.07, 6.45) is 6.34. The van der Waals surface area contributed by atoms with Crippen LogP contribution in [0.1, 0.15) is 30.1 Å². The predicted molar refractivity (Wildman–Crippen MR) is 68.3 cm³/mol. The van der Waals surface area contributed by atoms with Gasteiger partial charge in [-0.25, -0.2) is 4.98 Å². The molecule has 0 saturated carbocycles. The molecule has 0 radical (unpaired) electrons. The highest BCUT2D eigenvalue weighted by atomic mass is 15.1. The summed E-state index contributed by atoms with van der Waals surface area (Å²) in [6.45, 7) is 3.22. The number of benzene rings is 1. The summed E-state index contributed by atoms with van der Waals surface area (Å²) in [4.78, 5) is 4.29. The third-order valence-corrected chi connectivity index (χ3v) is 3.40. The fraction of sp³-hybridized carbons (Fsp3) is 0.357. The van der Waals surface area contributed by atoms with Crippen LogP contribution in [0.15, 0.2) is 36.8 Å². The van der Waals surface area contributed by atoms with E-state index in [0.29, 0.717) is 6.04 Å². The second kappa shape index (κ2) is 4.34. The predicted octanol–water partition coefficient (Wildman–Crippen LogP) is 2.61. The minimum Gasteiger partial charge on any atom is -0.309 e. The number of aromatic nitrogens is 2. The number of rotatable bonds is 2. The largest absolute Gasteiger partial charge is 0.309 e. The lowest BCUT2D eigenvalue weighted by Gasteiger charge is -2.14. The van der Waals surface area contributed by atoms with Crippen molar-refractivity contribution in [3.8, 4) is 5.69 Å². The fourth-order valence-corrected chi connectivity index (χ4v) is 2.42. The average molecular weight is 227 g/mol. The first kappa shape index (κ1) is 10.5. The van der Waals surface area contributed by atoms with Crippen LogP contribution in [0.5, 0.6) is 0 Å². The van der Waals surface area contributed by atoms with Gasteiger partial charge in [-0.15, -0.1) is 0 Å². The van der Waals surface area contributed by atoms with Gasteiger partial charge in [0.05, 0.1) is 18.2 Å². The summed E-state index contributed by atoms with van der Waals surface area (Å²) < 4.78 is 2.18. The quantitative estimate of drug-likeness (QED) is 0.854. The molecular weight excluding hydrogens is 210 g/mol. The van der Waals surface area contributed by atoms with Crippen molar-refractivity contribution in [3.63, 3.8) is 0 Å². The molecule has 2 aromatic rings. The maximum Gasteiger partial charge on any atom is 0.0994 e. The van der Waals surface area contributed by atoms with E-state index in [0.717, 1.165) is 6.54 Å². The van der Waals surface area contributed by atoms with E-state index in [2.05, 4.69) is 46.1 Å². The molecule has 1 aliphatic rings. The van der Waals surface area contributed by atoms with Crippen molar-refractivity contribution in [2.24, 2.45) is 0 Å². The van der Waals surface area contributed by atoms with E-state index >= 15 is 0 Å². The minimum absolute atomic E-state index is 0.457. The van der Waals surface area contributed by atoms with Gasteiger partial charge in [0, 0.05) is 11.7 Å². The van der Waals surface area contributed by atoms with E-state index < -0.39 is 0 Å². The van der Waals surface area contributed by atoms with Crippen molar-refractivity contribution in [1.82, 2.24) is 14.9 Å². The Morgan fingerprint density at radius 3 is 2.82 bits per heavy atom. The molecule has 1 saturated heterocycles. The van der Waals surface area contributed by atoms with Crippen molar-refractivity contribution >= 4 is 0 Å². The monoisotopic (exact) mass is 227 g/mol. The maximum atomic E-state index is 4.29. The van der Waals surface area contributed by atoms with Gasteiger partial charge < -0.3 is 9.88 Å². The molecule has 88 valence electrons. The molecule has 0 bridgehead atoms. The van der Waals surface area contributed by atoms with E-state index in [-0.39, 0.29) is 0 Å². The van der Waals surface area contributed by atoms with Crippen LogP contribution in [0.2, 0.25) is 0 Å². The number of hydrogen-bond acceptors (Lipinski definition) is 2. The molecule has 1 unspecified atom stereocenters. The molecule has 1 atom stereocenters. The molecular formula is C14H17N3. The van der Waals surface area contributed by atoms with Gasteiger partial charge in [-0.3, -0.25) is 0 Å². The van der Waals surface area contributed by atoms with Gasteiger partial charge in [0.1, 0.15) is 0 Å². The lowest BCUT2D eigenvalue weighted by Crippen LogP contribution is -2.16. The van der Waals surface area contributed by atoms with Crippen molar-refractivity contribution in [1.29, 1.82) is 0 Å². The summed E-state index contributed by atoms with van der Waals surface area (Å²) in [7, 11) is 0. The Labute approximate surface area is 101 Å². The maximum absolute atomic E-state index is 4.29. The Morgan fingerprint density at radius 1 is 1.29 bits per heavy atom. The van der Waals surface area contributed by atoms with Gasteiger partial charge in [0.2, 0.25) is 0 Å². The van der Waals surface area contributed by atoms with Gasteiger partial charge in [-0.2, -0.15) is 0 Å². The second-order valence-electron chi connectivity index (χ2n) is 4.67. The van der Waals surface area contributed by atoms with Crippen LogP contribution in [0, 0.1) is 6.92 Å². The number of aryl methyl sites for hydroxylation is 1. The summed E-state index contributed by atoms with van der Waals surface area (Å²) in [5, 5.41) is 3.52. The summed E-state index contributed by atoms with van der Waals surface area (Å²) in [5.74, 6) is 0. The van der Waals surface area contributed by atoms with E-state index in [1.165, 1.54) is 29.8 Å². The van der Waals surface area contributed by atoms with Crippen LogP contribution in [0.4, 0.5) is 0 Å². The Kier molecular flexibility index (Phi) is 2.69.